The zero-order chi connectivity index (χ0) is 18.1. The Hall–Kier alpha value is -2.68. The van der Waals surface area contributed by atoms with Crippen molar-refractivity contribution in [3.05, 3.63) is 33.3 Å². The Labute approximate surface area is 142 Å². The molecular formula is C14H16ClN3O6. The molecule has 0 bridgehead atoms. The van der Waals surface area contributed by atoms with Gasteiger partial charge in [-0.1, -0.05) is 11.6 Å². The van der Waals surface area contributed by atoms with E-state index >= 15 is 0 Å². The second-order valence-electron chi connectivity index (χ2n) is 4.29. The second-order valence-corrected chi connectivity index (χ2v) is 4.73. The van der Waals surface area contributed by atoms with E-state index in [9.17, 15) is 19.7 Å². The van der Waals surface area contributed by atoms with Crippen molar-refractivity contribution in [3.63, 3.8) is 0 Å². The number of nitro benzene ring substituents is 1. The van der Waals surface area contributed by atoms with E-state index in [1.165, 1.54) is 18.2 Å². The minimum absolute atomic E-state index is 0.0295. The van der Waals surface area contributed by atoms with Crippen LogP contribution >= 0.6 is 11.6 Å². The number of rotatable bonds is 8. The number of hydrogen-bond donors (Lipinski definition) is 1. The average molecular weight is 358 g/mol. The van der Waals surface area contributed by atoms with Crippen molar-refractivity contribution in [1.29, 1.82) is 0 Å². The summed E-state index contributed by atoms with van der Waals surface area (Å²) in [5.74, 6) is -1.51. The van der Waals surface area contributed by atoms with Crippen molar-refractivity contribution in [2.45, 2.75) is 20.3 Å². The van der Waals surface area contributed by atoms with Gasteiger partial charge in [-0.3, -0.25) is 20.3 Å². The van der Waals surface area contributed by atoms with E-state index < -0.39 is 23.3 Å². The molecule has 24 heavy (non-hydrogen) atoms. The summed E-state index contributed by atoms with van der Waals surface area (Å²) in [6.45, 7) is 3.43. The molecule has 10 heteroatoms. The third-order valence-corrected chi connectivity index (χ3v) is 2.83. The number of nitrogens with one attached hydrogen (secondary N) is 1. The topological polar surface area (TPSA) is 120 Å². The van der Waals surface area contributed by atoms with Gasteiger partial charge in [0, 0.05) is 11.1 Å². The number of hydrogen-bond acceptors (Lipinski definition) is 8. The molecule has 0 unspecified atom stereocenters. The smallest absolute Gasteiger partial charge is 0.355 e. The number of benzene rings is 1. The molecule has 1 N–H and O–H groups in total. The summed E-state index contributed by atoms with van der Waals surface area (Å²) in [4.78, 5) is 33.7. The van der Waals surface area contributed by atoms with Crippen LogP contribution < -0.4 is 5.43 Å². The van der Waals surface area contributed by atoms with Crippen molar-refractivity contribution in [2.75, 3.05) is 18.6 Å². The minimum Gasteiger partial charge on any atom is -0.466 e. The van der Waals surface area contributed by atoms with Gasteiger partial charge >= 0.3 is 11.9 Å². The van der Waals surface area contributed by atoms with Gasteiger partial charge in [0.1, 0.15) is 5.69 Å². The predicted molar refractivity (Wildman–Crippen MR) is 87.0 cm³/mol. The molecule has 0 radical (unpaired) electrons. The van der Waals surface area contributed by atoms with Crippen LogP contribution in [0.15, 0.2) is 23.3 Å². The van der Waals surface area contributed by atoms with Crippen molar-refractivity contribution in [1.82, 2.24) is 0 Å². The van der Waals surface area contributed by atoms with Gasteiger partial charge in [-0.15, -0.1) is 0 Å². The number of anilines is 1. The fourth-order valence-corrected chi connectivity index (χ4v) is 1.78. The minimum atomic E-state index is -0.831. The lowest BCUT2D eigenvalue weighted by molar-refractivity contribution is -0.384. The van der Waals surface area contributed by atoms with Gasteiger partial charge in [0.25, 0.3) is 5.69 Å². The summed E-state index contributed by atoms with van der Waals surface area (Å²) in [6.07, 6.45) is -0.436. The molecular weight excluding hydrogens is 342 g/mol. The fourth-order valence-electron chi connectivity index (χ4n) is 1.61. The van der Waals surface area contributed by atoms with E-state index in [0.29, 0.717) is 0 Å². The molecule has 1 rings (SSSR count). The molecule has 0 aliphatic heterocycles. The molecule has 130 valence electrons. The standard InChI is InChI=1S/C14H16ClN3O6/c1-3-23-13(19)8-11(14(20)24-4-2)17-16-10-7-9(15)5-6-12(10)18(21)22/h5-7,16H,3-4,8H2,1-2H3/b17-11-. The first-order valence-corrected chi connectivity index (χ1v) is 7.36. The fraction of sp³-hybridized carbons (Fsp3) is 0.357. The van der Waals surface area contributed by atoms with Gasteiger partial charge in [0.2, 0.25) is 0 Å². The largest absolute Gasteiger partial charge is 0.466 e. The number of carbonyl (C=O) groups excluding carboxylic acids is 2. The average Bonchev–Trinajstić information content (AvgIpc) is 2.51. The Kier molecular flexibility index (Phi) is 7.63. The molecule has 0 saturated heterocycles. The first kappa shape index (κ1) is 19.4. The number of nitro groups is 1. The van der Waals surface area contributed by atoms with E-state index in [1.54, 1.807) is 13.8 Å². The SMILES string of the molecule is CCOC(=O)C/C(=N/Nc1cc(Cl)ccc1[N+](=O)[O-])C(=O)OCC. The van der Waals surface area contributed by atoms with Crippen LogP contribution in [0.5, 0.6) is 0 Å². The quantitative estimate of drug-likeness (QED) is 0.328. The van der Waals surface area contributed by atoms with Crippen LogP contribution in [-0.2, 0) is 19.1 Å². The highest BCUT2D eigenvalue weighted by atomic mass is 35.5. The highest BCUT2D eigenvalue weighted by molar-refractivity contribution is 6.39. The lowest BCUT2D eigenvalue weighted by Gasteiger charge is -2.07. The maximum atomic E-state index is 11.8. The number of carbonyl (C=O) groups is 2. The lowest BCUT2D eigenvalue weighted by Crippen LogP contribution is -2.23. The number of halogens is 1. The molecule has 0 aliphatic rings. The summed E-state index contributed by atoms with van der Waals surface area (Å²) in [5, 5.41) is 15.0. The van der Waals surface area contributed by atoms with Crippen LogP contribution in [0.3, 0.4) is 0 Å². The van der Waals surface area contributed by atoms with Crippen LogP contribution in [0.25, 0.3) is 0 Å². The molecule has 0 amide bonds. The number of hydrazone groups is 1. The number of esters is 2. The summed E-state index contributed by atoms with van der Waals surface area (Å²) in [6, 6.07) is 3.81. The van der Waals surface area contributed by atoms with Gasteiger partial charge < -0.3 is 9.47 Å². The zero-order valence-electron chi connectivity index (χ0n) is 13.1. The lowest BCUT2D eigenvalue weighted by atomic mass is 10.2. The molecule has 0 atom stereocenters. The van der Waals surface area contributed by atoms with Crippen molar-refractivity contribution >= 4 is 40.6 Å². The highest BCUT2D eigenvalue weighted by Gasteiger charge is 2.20. The molecule has 1 aromatic carbocycles. The summed E-state index contributed by atoms with van der Waals surface area (Å²) in [7, 11) is 0. The van der Waals surface area contributed by atoms with Crippen molar-refractivity contribution in [2.24, 2.45) is 5.10 Å². The highest BCUT2D eigenvalue weighted by Crippen LogP contribution is 2.27. The molecule has 0 aromatic heterocycles. The second kappa shape index (κ2) is 9.46. The number of ether oxygens (including phenoxy) is 2. The maximum absolute atomic E-state index is 11.8. The molecule has 0 aliphatic carbocycles. The monoisotopic (exact) mass is 357 g/mol. The predicted octanol–water partition coefficient (Wildman–Crippen LogP) is 2.53. The van der Waals surface area contributed by atoms with Gasteiger partial charge in [0.15, 0.2) is 5.71 Å². The Balaban J connectivity index is 3.06. The van der Waals surface area contributed by atoms with E-state index in [-0.39, 0.29) is 35.3 Å². The molecule has 0 spiro atoms. The van der Waals surface area contributed by atoms with Crippen LogP contribution in [0, 0.1) is 10.1 Å². The number of nitrogens with zero attached hydrogens (tertiary/aromatic N) is 2. The Morgan fingerprint density at radius 3 is 2.54 bits per heavy atom. The third kappa shape index (κ3) is 5.84. The summed E-state index contributed by atoms with van der Waals surface area (Å²) in [5.41, 5.74) is 1.78. The first-order chi connectivity index (χ1) is 11.4. The van der Waals surface area contributed by atoms with E-state index in [4.69, 9.17) is 21.1 Å². The van der Waals surface area contributed by atoms with Crippen LogP contribution in [0.4, 0.5) is 11.4 Å². The molecule has 0 fully saturated rings. The van der Waals surface area contributed by atoms with E-state index in [2.05, 4.69) is 10.5 Å². The van der Waals surface area contributed by atoms with E-state index in [1.807, 2.05) is 0 Å². The summed E-state index contributed by atoms with van der Waals surface area (Å²) >= 11 is 5.80. The Morgan fingerprint density at radius 2 is 1.96 bits per heavy atom. The molecule has 0 saturated carbocycles. The molecule has 0 heterocycles. The zero-order valence-corrected chi connectivity index (χ0v) is 13.8. The van der Waals surface area contributed by atoms with Crippen molar-refractivity contribution < 1.29 is 24.0 Å². The van der Waals surface area contributed by atoms with Crippen LogP contribution in [0.2, 0.25) is 5.02 Å². The Bertz CT molecular complexity index is 662. The Morgan fingerprint density at radius 1 is 1.29 bits per heavy atom. The van der Waals surface area contributed by atoms with Crippen molar-refractivity contribution in [3.8, 4) is 0 Å². The van der Waals surface area contributed by atoms with Gasteiger partial charge in [-0.25, -0.2) is 4.79 Å². The van der Waals surface area contributed by atoms with Crippen LogP contribution in [-0.4, -0.2) is 35.8 Å². The first-order valence-electron chi connectivity index (χ1n) is 6.98. The van der Waals surface area contributed by atoms with Gasteiger partial charge in [0.05, 0.1) is 24.6 Å². The molecule has 1 aromatic rings. The van der Waals surface area contributed by atoms with E-state index in [0.717, 1.165) is 0 Å². The van der Waals surface area contributed by atoms with Crippen LogP contribution in [0.1, 0.15) is 20.3 Å². The third-order valence-electron chi connectivity index (χ3n) is 2.59. The normalized spacial score (nSPS) is 10.9. The summed E-state index contributed by atoms with van der Waals surface area (Å²) < 4.78 is 9.54. The molecule has 9 nitrogen and oxygen atoms in total. The van der Waals surface area contributed by atoms with Gasteiger partial charge in [-0.05, 0) is 26.0 Å². The van der Waals surface area contributed by atoms with Gasteiger partial charge in [-0.2, -0.15) is 5.10 Å². The maximum Gasteiger partial charge on any atom is 0.355 e.